The van der Waals surface area contributed by atoms with Gasteiger partial charge in [-0.15, -0.1) is 0 Å². The topological polar surface area (TPSA) is 58.6 Å². The zero-order valence-corrected chi connectivity index (χ0v) is 18.9. The van der Waals surface area contributed by atoms with Gasteiger partial charge in [-0.25, -0.2) is 0 Å². The fourth-order valence-corrected chi connectivity index (χ4v) is 3.09. The molecule has 0 aliphatic rings. The Morgan fingerprint density at radius 1 is 1.13 bits per heavy atom. The maximum absolute atomic E-state index is 13.0. The third-order valence-corrected chi connectivity index (χ3v) is 5.57. The van der Waals surface area contributed by atoms with E-state index in [-0.39, 0.29) is 24.5 Å². The first-order valence-corrected chi connectivity index (χ1v) is 10.7. The van der Waals surface area contributed by atoms with Crippen LogP contribution in [0.1, 0.15) is 38.3 Å². The van der Waals surface area contributed by atoms with Crippen LogP contribution < -0.4 is 10.1 Å². The highest BCUT2D eigenvalue weighted by molar-refractivity contribution is 6.31. The molecular weight excluding hydrogens is 400 g/mol. The van der Waals surface area contributed by atoms with E-state index in [0.29, 0.717) is 23.7 Å². The van der Waals surface area contributed by atoms with E-state index < -0.39 is 6.04 Å². The van der Waals surface area contributed by atoms with Crippen molar-refractivity contribution in [1.29, 1.82) is 0 Å². The number of nitrogens with zero attached hydrogens (tertiary/aromatic N) is 1. The molecular formula is C24H31ClN2O3. The number of amides is 2. The number of carbonyl (C=O) groups is 2. The Bertz CT molecular complexity index is 842. The highest BCUT2D eigenvalue weighted by atomic mass is 35.5. The molecule has 0 radical (unpaired) electrons. The van der Waals surface area contributed by atoms with E-state index in [1.165, 1.54) is 0 Å². The lowest BCUT2D eigenvalue weighted by molar-refractivity contribution is -0.141. The van der Waals surface area contributed by atoms with Crippen molar-refractivity contribution < 1.29 is 14.3 Å². The van der Waals surface area contributed by atoms with Crippen LogP contribution in [-0.4, -0.2) is 41.9 Å². The summed E-state index contributed by atoms with van der Waals surface area (Å²) in [6.45, 7) is 7.89. The van der Waals surface area contributed by atoms with Crippen LogP contribution in [0.25, 0.3) is 0 Å². The van der Waals surface area contributed by atoms with Crippen LogP contribution in [0.4, 0.5) is 0 Å². The second-order valence-corrected chi connectivity index (χ2v) is 7.92. The van der Waals surface area contributed by atoms with Gasteiger partial charge in [0.1, 0.15) is 11.8 Å². The average molecular weight is 431 g/mol. The van der Waals surface area contributed by atoms with Crippen molar-refractivity contribution in [3.8, 4) is 5.75 Å². The quantitative estimate of drug-likeness (QED) is 0.607. The Kier molecular flexibility index (Phi) is 9.18. The minimum absolute atomic E-state index is 0.0549. The molecule has 5 nitrogen and oxygen atoms in total. The van der Waals surface area contributed by atoms with Gasteiger partial charge >= 0.3 is 0 Å². The summed E-state index contributed by atoms with van der Waals surface area (Å²) in [5.74, 6) is 0.184. The molecule has 30 heavy (non-hydrogen) atoms. The van der Waals surface area contributed by atoms with Gasteiger partial charge in [0.2, 0.25) is 5.91 Å². The van der Waals surface area contributed by atoms with E-state index in [0.717, 1.165) is 17.5 Å². The van der Waals surface area contributed by atoms with Crippen LogP contribution in [0, 0.1) is 6.92 Å². The van der Waals surface area contributed by atoms with E-state index in [2.05, 4.69) is 5.32 Å². The van der Waals surface area contributed by atoms with E-state index in [1.54, 1.807) is 30.0 Å². The maximum Gasteiger partial charge on any atom is 0.261 e. The number of hydrogen-bond donors (Lipinski definition) is 1. The van der Waals surface area contributed by atoms with E-state index in [9.17, 15) is 9.59 Å². The lowest BCUT2D eigenvalue weighted by Crippen LogP contribution is -2.51. The molecule has 2 rings (SSSR count). The Morgan fingerprint density at radius 2 is 1.83 bits per heavy atom. The molecule has 6 heteroatoms. The van der Waals surface area contributed by atoms with Crippen molar-refractivity contribution in [3.05, 3.63) is 64.7 Å². The normalized spacial score (nSPS) is 12.7. The standard InChI is InChI=1S/C24H31ClN2O3/c1-5-18(3)26-24(29)19(4)27(14-13-20-9-7-6-8-10-20)23(28)16-30-21-11-12-22(25)17(2)15-21/h6-12,15,18-19H,5,13-14,16H2,1-4H3,(H,26,29)/t18-,19-/m0/s1. The number of ether oxygens (including phenoxy) is 1. The molecule has 0 aliphatic carbocycles. The number of hydrogen-bond acceptors (Lipinski definition) is 3. The third kappa shape index (κ3) is 7.06. The first kappa shape index (κ1) is 23.7. The highest BCUT2D eigenvalue weighted by Gasteiger charge is 2.26. The Labute approximate surface area is 184 Å². The molecule has 2 amide bonds. The molecule has 2 aromatic rings. The van der Waals surface area contributed by atoms with Gasteiger partial charge in [0.05, 0.1) is 0 Å². The predicted octanol–water partition coefficient (Wildman–Crippen LogP) is 4.40. The van der Waals surface area contributed by atoms with Gasteiger partial charge in [0, 0.05) is 17.6 Å². The second kappa shape index (κ2) is 11.6. The zero-order valence-electron chi connectivity index (χ0n) is 18.2. The van der Waals surface area contributed by atoms with Crippen LogP contribution in [0.15, 0.2) is 48.5 Å². The number of aryl methyl sites for hydroxylation is 1. The van der Waals surface area contributed by atoms with Gasteiger partial charge in [-0.1, -0.05) is 48.9 Å². The predicted molar refractivity (Wildman–Crippen MR) is 121 cm³/mol. The van der Waals surface area contributed by atoms with Gasteiger partial charge in [0.25, 0.3) is 5.91 Å². The van der Waals surface area contributed by atoms with Crippen LogP contribution in [-0.2, 0) is 16.0 Å². The van der Waals surface area contributed by atoms with Crippen molar-refractivity contribution in [3.63, 3.8) is 0 Å². The fraction of sp³-hybridized carbons (Fsp3) is 0.417. The monoisotopic (exact) mass is 430 g/mol. The average Bonchev–Trinajstić information content (AvgIpc) is 2.75. The van der Waals surface area contributed by atoms with Crippen LogP contribution in [0.5, 0.6) is 5.75 Å². The fourth-order valence-electron chi connectivity index (χ4n) is 2.97. The van der Waals surface area contributed by atoms with Crippen LogP contribution in [0.3, 0.4) is 0 Å². The van der Waals surface area contributed by atoms with Gasteiger partial charge in [-0.2, -0.15) is 0 Å². The molecule has 162 valence electrons. The first-order chi connectivity index (χ1) is 14.3. The van der Waals surface area contributed by atoms with Crippen LogP contribution in [0.2, 0.25) is 5.02 Å². The van der Waals surface area contributed by atoms with Crippen molar-refractivity contribution in [2.45, 2.75) is 52.6 Å². The Morgan fingerprint density at radius 3 is 2.47 bits per heavy atom. The molecule has 2 atom stereocenters. The molecule has 0 heterocycles. The first-order valence-electron chi connectivity index (χ1n) is 10.3. The summed E-state index contributed by atoms with van der Waals surface area (Å²) in [6.07, 6.45) is 1.49. The maximum atomic E-state index is 13.0. The number of carbonyl (C=O) groups excluding carboxylic acids is 2. The van der Waals surface area contributed by atoms with E-state index >= 15 is 0 Å². The lowest BCUT2D eigenvalue weighted by atomic mass is 10.1. The second-order valence-electron chi connectivity index (χ2n) is 7.52. The smallest absolute Gasteiger partial charge is 0.261 e. The molecule has 0 bridgehead atoms. The molecule has 2 aromatic carbocycles. The molecule has 0 saturated carbocycles. The number of benzene rings is 2. The number of rotatable bonds is 10. The Balaban J connectivity index is 2.08. The van der Waals surface area contributed by atoms with Gasteiger partial charge in [-0.3, -0.25) is 9.59 Å². The number of halogens is 1. The molecule has 0 aromatic heterocycles. The van der Waals surface area contributed by atoms with Gasteiger partial charge < -0.3 is 15.0 Å². The lowest BCUT2D eigenvalue weighted by Gasteiger charge is -2.29. The third-order valence-electron chi connectivity index (χ3n) is 5.14. The van der Waals surface area contributed by atoms with Crippen molar-refractivity contribution >= 4 is 23.4 Å². The highest BCUT2D eigenvalue weighted by Crippen LogP contribution is 2.21. The summed E-state index contributed by atoms with van der Waals surface area (Å²) < 4.78 is 5.69. The molecule has 0 spiro atoms. The summed E-state index contributed by atoms with van der Waals surface area (Å²) in [5.41, 5.74) is 1.99. The SMILES string of the molecule is CC[C@H](C)NC(=O)[C@H](C)N(CCc1ccccc1)C(=O)COc1ccc(Cl)c(C)c1. The Hall–Kier alpha value is -2.53. The number of nitrogens with one attached hydrogen (secondary N) is 1. The molecule has 0 fully saturated rings. The molecule has 1 N–H and O–H groups in total. The van der Waals surface area contributed by atoms with E-state index in [1.807, 2.05) is 51.1 Å². The van der Waals surface area contributed by atoms with Crippen molar-refractivity contribution in [1.82, 2.24) is 10.2 Å². The summed E-state index contributed by atoms with van der Waals surface area (Å²) in [6, 6.07) is 14.6. The van der Waals surface area contributed by atoms with Gasteiger partial charge in [0.15, 0.2) is 6.61 Å². The van der Waals surface area contributed by atoms with Crippen molar-refractivity contribution in [2.75, 3.05) is 13.2 Å². The van der Waals surface area contributed by atoms with Gasteiger partial charge in [-0.05, 0) is 62.9 Å². The minimum atomic E-state index is -0.592. The molecule has 0 saturated heterocycles. The van der Waals surface area contributed by atoms with E-state index in [4.69, 9.17) is 16.3 Å². The summed E-state index contributed by atoms with van der Waals surface area (Å²) >= 11 is 6.05. The zero-order chi connectivity index (χ0) is 22.1. The molecule has 0 aliphatic heterocycles. The summed E-state index contributed by atoms with van der Waals surface area (Å²) in [4.78, 5) is 27.2. The summed E-state index contributed by atoms with van der Waals surface area (Å²) in [5, 5.41) is 3.61. The van der Waals surface area contributed by atoms with Crippen molar-refractivity contribution in [2.24, 2.45) is 0 Å². The minimum Gasteiger partial charge on any atom is -0.484 e. The molecule has 0 unspecified atom stereocenters. The summed E-state index contributed by atoms with van der Waals surface area (Å²) in [7, 11) is 0. The largest absolute Gasteiger partial charge is 0.484 e. The van der Waals surface area contributed by atoms with Crippen LogP contribution >= 0.6 is 11.6 Å².